The van der Waals surface area contributed by atoms with Crippen molar-refractivity contribution >= 4 is 23.3 Å². The van der Waals surface area contributed by atoms with E-state index in [0.29, 0.717) is 13.1 Å². The molecule has 0 unspecified atom stereocenters. The summed E-state index contributed by atoms with van der Waals surface area (Å²) in [6.07, 6.45) is 0. The predicted octanol–water partition coefficient (Wildman–Crippen LogP) is 0.300. The average Bonchev–Trinajstić information content (AvgIpc) is 2.70. The molecule has 0 spiro atoms. The van der Waals surface area contributed by atoms with Crippen LogP contribution in [0, 0.1) is 0 Å². The van der Waals surface area contributed by atoms with E-state index in [1.165, 1.54) is 16.2 Å². The zero-order valence-electron chi connectivity index (χ0n) is 7.97. The molecule has 6 heteroatoms. The van der Waals surface area contributed by atoms with Crippen LogP contribution in [0.15, 0.2) is 17.5 Å². The van der Waals surface area contributed by atoms with E-state index in [-0.39, 0.29) is 5.91 Å². The van der Waals surface area contributed by atoms with E-state index in [1.807, 2.05) is 17.5 Å². The zero-order valence-corrected chi connectivity index (χ0v) is 8.79. The number of nitrogens with two attached hydrogens (primary N) is 1. The first-order chi connectivity index (χ1) is 7.20. The molecule has 1 aliphatic rings. The van der Waals surface area contributed by atoms with Gasteiger partial charge in [-0.05, 0) is 11.4 Å². The third-order valence-electron chi connectivity index (χ3n) is 2.31. The molecule has 1 aromatic heterocycles. The number of carbonyl (C=O) groups is 2. The zero-order chi connectivity index (χ0) is 10.8. The number of primary amides is 1. The second kappa shape index (κ2) is 3.90. The van der Waals surface area contributed by atoms with Crippen molar-refractivity contribution in [2.75, 3.05) is 13.1 Å². The van der Waals surface area contributed by atoms with Crippen LogP contribution in [-0.4, -0.2) is 29.9 Å². The maximum absolute atomic E-state index is 11.7. The predicted molar refractivity (Wildman–Crippen MR) is 56.4 cm³/mol. The van der Waals surface area contributed by atoms with Gasteiger partial charge in [0.25, 0.3) is 0 Å². The topological polar surface area (TPSA) is 75.4 Å². The van der Waals surface area contributed by atoms with Crippen molar-refractivity contribution < 1.29 is 9.59 Å². The van der Waals surface area contributed by atoms with Crippen LogP contribution in [0.5, 0.6) is 0 Å². The summed E-state index contributed by atoms with van der Waals surface area (Å²) >= 11 is 1.44. The van der Waals surface area contributed by atoms with Crippen LogP contribution < -0.4 is 11.1 Å². The molecule has 0 saturated carbocycles. The Kier molecular flexibility index (Phi) is 2.59. The van der Waals surface area contributed by atoms with Crippen LogP contribution in [0.25, 0.3) is 0 Å². The Morgan fingerprint density at radius 1 is 1.67 bits per heavy atom. The molecular formula is C9H11N3O2S. The van der Waals surface area contributed by atoms with Crippen LogP contribution >= 0.6 is 11.3 Å². The molecule has 1 aliphatic heterocycles. The maximum atomic E-state index is 11.7. The molecule has 1 fully saturated rings. The highest BCUT2D eigenvalue weighted by molar-refractivity contribution is 7.10. The van der Waals surface area contributed by atoms with Crippen LogP contribution in [0.1, 0.15) is 10.9 Å². The van der Waals surface area contributed by atoms with E-state index in [4.69, 9.17) is 5.73 Å². The van der Waals surface area contributed by atoms with E-state index in [2.05, 4.69) is 5.32 Å². The number of thiophene rings is 1. The molecule has 5 nitrogen and oxygen atoms in total. The van der Waals surface area contributed by atoms with Crippen LogP contribution in [0.2, 0.25) is 0 Å². The Labute approximate surface area is 90.9 Å². The lowest BCUT2D eigenvalue weighted by Gasteiger charge is -2.32. The van der Waals surface area contributed by atoms with Crippen molar-refractivity contribution in [2.24, 2.45) is 5.73 Å². The average molecular weight is 225 g/mol. The molecule has 0 aromatic carbocycles. The van der Waals surface area contributed by atoms with Gasteiger partial charge < -0.3 is 16.0 Å². The maximum Gasteiger partial charge on any atom is 0.315 e. The van der Waals surface area contributed by atoms with Gasteiger partial charge in [-0.15, -0.1) is 11.3 Å². The first-order valence-electron chi connectivity index (χ1n) is 4.57. The minimum absolute atomic E-state index is 0.164. The molecule has 2 rings (SSSR count). The van der Waals surface area contributed by atoms with Crippen LogP contribution in [0.3, 0.4) is 0 Å². The van der Waals surface area contributed by atoms with Crippen molar-refractivity contribution in [3.63, 3.8) is 0 Å². The first kappa shape index (κ1) is 9.97. The fourth-order valence-electron chi connectivity index (χ4n) is 1.63. The van der Waals surface area contributed by atoms with Gasteiger partial charge in [0.2, 0.25) is 5.91 Å². The number of amides is 3. The summed E-state index contributed by atoms with van der Waals surface area (Å²) in [6, 6.07) is 2.57. The summed E-state index contributed by atoms with van der Waals surface area (Å²) in [5, 5.41) is 4.59. The fourth-order valence-corrected chi connectivity index (χ4v) is 2.47. The Morgan fingerprint density at radius 2 is 2.47 bits per heavy atom. The van der Waals surface area contributed by atoms with Crippen molar-refractivity contribution in [1.82, 2.24) is 10.2 Å². The minimum Gasteiger partial charge on any atom is -0.352 e. The van der Waals surface area contributed by atoms with Gasteiger partial charge in [0.1, 0.15) is 6.04 Å². The molecule has 1 aromatic rings. The lowest BCUT2D eigenvalue weighted by Crippen LogP contribution is -2.53. The first-order valence-corrected chi connectivity index (χ1v) is 5.45. The SMILES string of the molecule is NC(=O)N1CCNC(=O)[C@H]1c1cccs1. The van der Waals surface area contributed by atoms with Crippen molar-refractivity contribution in [3.05, 3.63) is 22.4 Å². The molecule has 0 aliphatic carbocycles. The second-order valence-corrected chi connectivity index (χ2v) is 4.22. The summed E-state index contributed by atoms with van der Waals surface area (Å²) in [5.74, 6) is -0.164. The van der Waals surface area contributed by atoms with Gasteiger partial charge >= 0.3 is 6.03 Å². The summed E-state index contributed by atoms with van der Waals surface area (Å²) in [5.41, 5.74) is 5.24. The van der Waals surface area contributed by atoms with Crippen molar-refractivity contribution in [2.45, 2.75) is 6.04 Å². The minimum atomic E-state index is -0.559. The van der Waals surface area contributed by atoms with E-state index >= 15 is 0 Å². The molecule has 3 amide bonds. The Bertz CT molecular complexity index is 377. The van der Waals surface area contributed by atoms with E-state index in [1.54, 1.807) is 0 Å². The molecule has 80 valence electrons. The number of piperazine rings is 1. The summed E-state index contributed by atoms with van der Waals surface area (Å²) in [6.45, 7) is 0.924. The van der Waals surface area contributed by atoms with Crippen molar-refractivity contribution in [1.29, 1.82) is 0 Å². The largest absolute Gasteiger partial charge is 0.352 e. The lowest BCUT2D eigenvalue weighted by atomic mass is 10.1. The summed E-state index contributed by atoms with van der Waals surface area (Å²) in [7, 11) is 0. The normalized spacial score (nSPS) is 21.2. The summed E-state index contributed by atoms with van der Waals surface area (Å²) in [4.78, 5) is 25.1. The summed E-state index contributed by atoms with van der Waals surface area (Å²) < 4.78 is 0. The molecule has 3 N–H and O–H groups in total. The van der Waals surface area contributed by atoms with Crippen LogP contribution in [-0.2, 0) is 4.79 Å². The molecule has 0 radical (unpaired) electrons. The molecule has 0 bridgehead atoms. The Hall–Kier alpha value is -1.56. The van der Waals surface area contributed by atoms with Gasteiger partial charge in [0.05, 0.1) is 0 Å². The second-order valence-electron chi connectivity index (χ2n) is 3.24. The van der Waals surface area contributed by atoms with Gasteiger partial charge in [-0.25, -0.2) is 4.79 Å². The lowest BCUT2D eigenvalue weighted by molar-refractivity contribution is -0.127. The molecule has 1 atom stereocenters. The highest BCUT2D eigenvalue weighted by Crippen LogP contribution is 2.26. The number of nitrogens with zero attached hydrogens (tertiary/aromatic N) is 1. The third kappa shape index (κ3) is 1.80. The molecular weight excluding hydrogens is 214 g/mol. The number of urea groups is 1. The van der Waals surface area contributed by atoms with E-state index in [0.717, 1.165) is 4.88 Å². The quantitative estimate of drug-likeness (QED) is 0.721. The number of nitrogens with one attached hydrogen (secondary N) is 1. The Balaban J connectivity index is 2.31. The smallest absolute Gasteiger partial charge is 0.315 e. The van der Waals surface area contributed by atoms with Gasteiger partial charge in [-0.3, -0.25) is 4.79 Å². The third-order valence-corrected chi connectivity index (χ3v) is 3.23. The van der Waals surface area contributed by atoms with Crippen LogP contribution in [0.4, 0.5) is 4.79 Å². The van der Waals surface area contributed by atoms with Gasteiger partial charge in [0.15, 0.2) is 0 Å². The standard InChI is InChI=1S/C9H11N3O2S/c10-9(14)12-4-3-11-8(13)7(12)6-2-1-5-15-6/h1-2,5,7H,3-4H2,(H2,10,14)(H,11,13)/t7-/m1/s1. The fraction of sp³-hybridized carbons (Fsp3) is 0.333. The molecule has 2 heterocycles. The monoisotopic (exact) mass is 225 g/mol. The number of carbonyl (C=O) groups excluding carboxylic acids is 2. The van der Waals surface area contributed by atoms with E-state index in [9.17, 15) is 9.59 Å². The highest BCUT2D eigenvalue weighted by atomic mass is 32.1. The Morgan fingerprint density at radius 3 is 3.07 bits per heavy atom. The number of hydrogen-bond acceptors (Lipinski definition) is 3. The van der Waals surface area contributed by atoms with Gasteiger partial charge in [-0.1, -0.05) is 6.07 Å². The highest BCUT2D eigenvalue weighted by Gasteiger charge is 2.33. The van der Waals surface area contributed by atoms with E-state index < -0.39 is 12.1 Å². The molecule has 15 heavy (non-hydrogen) atoms. The molecule has 1 saturated heterocycles. The van der Waals surface area contributed by atoms with Gasteiger partial charge in [0, 0.05) is 18.0 Å². The van der Waals surface area contributed by atoms with Crippen molar-refractivity contribution in [3.8, 4) is 0 Å². The number of rotatable bonds is 1. The van der Waals surface area contributed by atoms with Gasteiger partial charge in [-0.2, -0.15) is 0 Å². The number of hydrogen-bond donors (Lipinski definition) is 2.